The SMILES string of the molecule is CN(C)C(C)(C)COCC(O)c1ccc(OCc2ccccc2)cc1. The van der Waals surface area contributed by atoms with E-state index in [1.165, 1.54) is 0 Å². The van der Waals surface area contributed by atoms with Gasteiger partial charge in [0.05, 0.1) is 13.2 Å². The van der Waals surface area contributed by atoms with Gasteiger partial charge in [-0.15, -0.1) is 0 Å². The zero-order chi connectivity index (χ0) is 18.3. The Bertz CT molecular complexity index is 623. The van der Waals surface area contributed by atoms with Gasteiger partial charge in [-0.3, -0.25) is 0 Å². The van der Waals surface area contributed by atoms with Gasteiger partial charge in [-0.2, -0.15) is 0 Å². The molecular formula is C21H29NO3. The van der Waals surface area contributed by atoms with E-state index in [4.69, 9.17) is 9.47 Å². The summed E-state index contributed by atoms with van der Waals surface area (Å²) in [4.78, 5) is 2.11. The Hall–Kier alpha value is -1.88. The average molecular weight is 343 g/mol. The maximum absolute atomic E-state index is 10.3. The first-order chi connectivity index (χ1) is 11.9. The molecule has 0 aliphatic rings. The molecule has 0 spiro atoms. The summed E-state index contributed by atoms with van der Waals surface area (Å²) in [5, 5.41) is 10.3. The highest BCUT2D eigenvalue weighted by atomic mass is 16.5. The first kappa shape index (κ1) is 19.4. The Morgan fingerprint density at radius 1 is 1.00 bits per heavy atom. The van der Waals surface area contributed by atoms with E-state index < -0.39 is 6.10 Å². The highest BCUT2D eigenvalue weighted by molar-refractivity contribution is 5.29. The van der Waals surface area contributed by atoms with E-state index in [9.17, 15) is 5.11 Å². The van der Waals surface area contributed by atoms with Crippen molar-refractivity contribution in [2.24, 2.45) is 0 Å². The van der Waals surface area contributed by atoms with Gasteiger partial charge in [-0.1, -0.05) is 42.5 Å². The molecule has 1 atom stereocenters. The number of ether oxygens (including phenoxy) is 2. The van der Waals surface area contributed by atoms with Crippen molar-refractivity contribution in [2.75, 3.05) is 27.3 Å². The van der Waals surface area contributed by atoms with Crippen LogP contribution in [0, 0.1) is 0 Å². The van der Waals surface area contributed by atoms with Gasteiger partial charge in [-0.05, 0) is 51.2 Å². The lowest BCUT2D eigenvalue weighted by Gasteiger charge is -2.32. The number of aliphatic hydroxyl groups excluding tert-OH is 1. The predicted molar refractivity (Wildman–Crippen MR) is 101 cm³/mol. The van der Waals surface area contributed by atoms with Gasteiger partial charge < -0.3 is 19.5 Å². The van der Waals surface area contributed by atoms with Crippen LogP contribution < -0.4 is 4.74 Å². The zero-order valence-electron chi connectivity index (χ0n) is 15.6. The number of benzene rings is 2. The van der Waals surface area contributed by atoms with E-state index in [1.54, 1.807) is 0 Å². The normalized spacial score (nSPS) is 13.0. The quantitative estimate of drug-likeness (QED) is 0.754. The summed E-state index contributed by atoms with van der Waals surface area (Å²) in [6.45, 7) is 5.60. The van der Waals surface area contributed by atoms with Crippen LogP contribution in [0.5, 0.6) is 5.75 Å². The summed E-state index contributed by atoms with van der Waals surface area (Å²) in [6.07, 6.45) is -0.638. The van der Waals surface area contributed by atoms with Crippen LogP contribution in [0.1, 0.15) is 31.1 Å². The number of likely N-dealkylation sites (N-methyl/N-ethyl adjacent to an activating group) is 1. The van der Waals surface area contributed by atoms with Gasteiger partial charge in [0.1, 0.15) is 18.5 Å². The summed E-state index contributed by atoms with van der Waals surface area (Å²) in [6, 6.07) is 17.6. The molecule has 2 aromatic rings. The van der Waals surface area contributed by atoms with Crippen molar-refractivity contribution in [1.82, 2.24) is 4.90 Å². The van der Waals surface area contributed by atoms with Crippen LogP contribution >= 0.6 is 0 Å². The summed E-state index contributed by atoms with van der Waals surface area (Å²) in [5.41, 5.74) is 1.90. The minimum atomic E-state index is -0.638. The molecule has 0 saturated carbocycles. The van der Waals surface area contributed by atoms with Gasteiger partial charge in [-0.25, -0.2) is 0 Å². The van der Waals surface area contributed by atoms with E-state index >= 15 is 0 Å². The fourth-order valence-corrected chi connectivity index (χ4v) is 2.17. The van der Waals surface area contributed by atoms with Gasteiger partial charge >= 0.3 is 0 Å². The van der Waals surface area contributed by atoms with E-state index in [-0.39, 0.29) is 12.1 Å². The molecule has 0 radical (unpaired) electrons. The Balaban J connectivity index is 1.80. The van der Waals surface area contributed by atoms with Crippen molar-refractivity contribution < 1.29 is 14.6 Å². The minimum Gasteiger partial charge on any atom is -0.489 e. The van der Waals surface area contributed by atoms with Crippen molar-refractivity contribution in [3.05, 3.63) is 65.7 Å². The molecule has 0 aliphatic carbocycles. The van der Waals surface area contributed by atoms with Gasteiger partial charge in [0.2, 0.25) is 0 Å². The fourth-order valence-electron chi connectivity index (χ4n) is 2.17. The van der Waals surface area contributed by atoms with Gasteiger partial charge in [0.15, 0.2) is 0 Å². The zero-order valence-corrected chi connectivity index (χ0v) is 15.6. The number of nitrogens with zero attached hydrogens (tertiary/aromatic N) is 1. The molecule has 1 N–H and O–H groups in total. The lowest BCUT2D eigenvalue weighted by atomic mass is 10.1. The standard InChI is InChI=1S/C21H29NO3/c1-21(2,22(3)4)16-24-15-20(23)18-10-12-19(13-11-18)25-14-17-8-6-5-7-9-17/h5-13,20,23H,14-16H2,1-4H3. The van der Waals surface area contributed by atoms with E-state index in [1.807, 2.05) is 68.7 Å². The van der Waals surface area contributed by atoms with Crippen LogP contribution in [0.15, 0.2) is 54.6 Å². The van der Waals surface area contributed by atoms with Crippen molar-refractivity contribution in [3.8, 4) is 5.75 Å². The third-order valence-corrected chi connectivity index (χ3v) is 4.45. The fraction of sp³-hybridized carbons (Fsp3) is 0.429. The molecule has 2 aromatic carbocycles. The number of aliphatic hydroxyl groups is 1. The predicted octanol–water partition coefficient (Wildman–Crippen LogP) is 3.66. The van der Waals surface area contributed by atoms with Crippen LogP contribution in [0.2, 0.25) is 0 Å². The molecule has 4 heteroatoms. The Morgan fingerprint density at radius 3 is 2.24 bits per heavy atom. The van der Waals surface area contributed by atoms with Crippen molar-refractivity contribution in [1.29, 1.82) is 0 Å². The molecule has 0 bridgehead atoms. The Labute approximate surface area is 151 Å². The molecule has 0 aliphatic heterocycles. The Morgan fingerprint density at radius 2 is 1.64 bits per heavy atom. The van der Waals surface area contributed by atoms with Gasteiger partial charge in [0.25, 0.3) is 0 Å². The monoisotopic (exact) mass is 343 g/mol. The summed E-state index contributed by atoms with van der Waals surface area (Å²) in [7, 11) is 4.04. The molecular weight excluding hydrogens is 314 g/mol. The summed E-state index contributed by atoms with van der Waals surface area (Å²) >= 11 is 0. The third kappa shape index (κ3) is 6.16. The first-order valence-corrected chi connectivity index (χ1v) is 8.58. The number of hydrogen-bond donors (Lipinski definition) is 1. The molecule has 0 heterocycles. The molecule has 25 heavy (non-hydrogen) atoms. The van der Waals surface area contributed by atoms with Crippen LogP contribution in [0.4, 0.5) is 0 Å². The lowest BCUT2D eigenvalue weighted by Crippen LogP contribution is -2.42. The summed E-state index contributed by atoms with van der Waals surface area (Å²) in [5.74, 6) is 0.787. The van der Waals surface area contributed by atoms with Crippen LogP contribution in [-0.4, -0.2) is 42.9 Å². The second-order valence-corrected chi connectivity index (χ2v) is 7.08. The van der Waals surface area contributed by atoms with E-state index in [0.29, 0.717) is 13.2 Å². The molecule has 0 amide bonds. The van der Waals surface area contributed by atoms with Gasteiger partial charge in [0, 0.05) is 5.54 Å². The molecule has 136 valence electrons. The van der Waals surface area contributed by atoms with E-state index in [0.717, 1.165) is 16.9 Å². The molecule has 0 aromatic heterocycles. The van der Waals surface area contributed by atoms with Crippen molar-refractivity contribution in [3.63, 3.8) is 0 Å². The molecule has 2 rings (SSSR count). The Kier molecular flexibility index (Phi) is 7.00. The first-order valence-electron chi connectivity index (χ1n) is 8.58. The molecule has 0 saturated heterocycles. The highest BCUT2D eigenvalue weighted by Gasteiger charge is 2.21. The van der Waals surface area contributed by atoms with E-state index in [2.05, 4.69) is 18.7 Å². The lowest BCUT2D eigenvalue weighted by molar-refractivity contribution is -0.0100. The average Bonchev–Trinajstić information content (AvgIpc) is 2.61. The number of rotatable bonds is 9. The molecule has 0 fully saturated rings. The maximum Gasteiger partial charge on any atom is 0.119 e. The highest BCUT2D eigenvalue weighted by Crippen LogP contribution is 2.20. The topological polar surface area (TPSA) is 41.9 Å². The van der Waals surface area contributed by atoms with Crippen molar-refractivity contribution in [2.45, 2.75) is 32.1 Å². The van der Waals surface area contributed by atoms with Crippen molar-refractivity contribution >= 4 is 0 Å². The minimum absolute atomic E-state index is 0.0607. The smallest absolute Gasteiger partial charge is 0.119 e. The second kappa shape index (κ2) is 8.99. The largest absolute Gasteiger partial charge is 0.489 e. The maximum atomic E-state index is 10.3. The molecule has 4 nitrogen and oxygen atoms in total. The second-order valence-electron chi connectivity index (χ2n) is 7.08. The molecule has 1 unspecified atom stereocenters. The van der Waals surface area contributed by atoms with Crippen LogP contribution in [-0.2, 0) is 11.3 Å². The van der Waals surface area contributed by atoms with Crippen LogP contribution in [0.25, 0.3) is 0 Å². The number of hydrogen-bond acceptors (Lipinski definition) is 4. The third-order valence-electron chi connectivity index (χ3n) is 4.45. The van der Waals surface area contributed by atoms with Crippen LogP contribution in [0.3, 0.4) is 0 Å². The summed E-state index contributed by atoms with van der Waals surface area (Å²) < 4.78 is 11.4.